The molecule has 10 N–H and O–H groups in total. The molecule has 0 heterocycles. The van der Waals surface area contributed by atoms with Gasteiger partial charge in [0.05, 0.1) is 6.10 Å². The lowest BCUT2D eigenvalue weighted by Crippen LogP contribution is -2.59. The fourth-order valence-corrected chi connectivity index (χ4v) is 3.92. The monoisotopic (exact) mass is 557 g/mol. The predicted octanol–water partition coefficient (Wildman–Crippen LogP) is -0.446. The van der Waals surface area contributed by atoms with Crippen molar-refractivity contribution in [2.75, 3.05) is 6.54 Å². The van der Waals surface area contributed by atoms with Crippen molar-refractivity contribution in [1.82, 2.24) is 16.0 Å². The number of nitrogens with one attached hydrogen (secondary N) is 3. The lowest BCUT2D eigenvalue weighted by atomic mass is 10.0. The summed E-state index contributed by atoms with van der Waals surface area (Å²) in [5.41, 5.74) is 12.6. The summed E-state index contributed by atoms with van der Waals surface area (Å²) in [6.45, 7) is 1.73. The fraction of sp³-hybridized carbons (Fsp3) is 0.429. The molecule has 2 aromatic rings. The summed E-state index contributed by atoms with van der Waals surface area (Å²) in [7, 11) is 0. The Balaban J connectivity index is 2.30. The van der Waals surface area contributed by atoms with Crippen molar-refractivity contribution in [1.29, 1.82) is 0 Å². The molecular weight excluding hydrogens is 518 g/mol. The molecule has 0 aliphatic rings. The minimum atomic E-state index is -1.29. The molecule has 3 amide bonds. The first kappa shape index (κ1) is 32.2. The van der Waals surface area contributed by atoms with Gasteiger partial charge in [-0.05, 0) is 56.0 Å². The number of aliphatic hydroxyl groups is 1. The van der Waals surface area contributed by atoms with Gasteiger partial charge in [0.15, 0.2) is 0 Å². The number of nitrogens with two attached hydrogens (primary N) is 2. The van der Waals surface area contributed by atoms with Crippen molar-refractivity contribution in [3.63, 3.8) is 0 Å². The van der Waals surface area contributed by atoms with Crippen LogP contribution in [0.15, 0.2) is 54.6 Å². The third-order valence-electron chi connectivity index (χ3n) is 6.31. The van der Waals surface area contributed by atoms with Gasteiger partial charge in [0, 0.05) is 12.8 Å². The van der Waals surface area contributed by atoms with Crippen LogP contribution < -0.4 is 27.4 Å². The van der Waals surface area contributed by atoms with Crippen LogP contribution in [0.25, 0.3) is 0 Å². The van der Waals surface area contributed by atoms with E-state index in [1.165, 1.54) is 19.1 Å². The first-order chi connectivity index (χ1) is 19.0. The SMILES string of the molecule is CC(O)C(N)C(=O)NC(Cc1ccccc1)C(=O)NC(Cc1ccc(O)cc1)C(=O)NC(CCCCN)C(=O)O. The standard InChI is InChI=1S/C28H39N5O7/c1-17(34)24(30)27(38)33-23(15-18-7-3-2-4-8-18)26(37)32-22(16-19-10-12-20(35)13-11-19)25(36)31-21(28(39)40)9-5-6-14-29/h2-4,7-8,10-13,17,21-24,34-35H,5-6,9,14-16,29-30H2,1H3,(H,31,36)(H,32,37)(H,33,38)(H,39,40). The van der Waals surface area contributed by atoms with E-state index < -0.39 is 54.0 Å². The molecule has 0 bridgehead atoms. The Labute approximate surface area is 233 Å². The lowest BCUT2D eigenvalue weighted by Gasteiger charge is -2.26. The molecule has 0 saturated heterocycles. The predicted molar refractivity (Wildman–Crippen MR) is 148 cm³/mol. The highest BCUT2D eigenvalue weighted by atomic mass is 16.4. The number of aliphatic carboxylic acids is 1. The van der Waals surface area contributed by atoms with Crippen molar-refractivity contribution in [3.05, 3.63) is 65.7 Å². The molecule has 5 atom stereocenters. The lowest BCUT2D eigenvalue weighted by molar-refractivity contribution is -0.142. The Kier molecular flexibility index (Phi) is 13.0. The largest absolute Gasteiger partial charge is 0.508 e. The number of rotatable bonds is 16. The average Bonchev–Trinajstić information content (AvgIpc) is 2.92. The molecule has 2 rings (SSSR count). The zero-order valence-corrected chi connectivity index (χ0v) is 22.5. The highest BCUT2D eigenvalue weighted by Gasteiger charge is 2.31. The normalized spacial score (nSPS) is 14.7. The molecule has 0 radical (unpaired) electrons. The van der Waals surface area contributed by atoms with E-state index >= 15 is 0 Å². The zero-order chi connectivity index (χ0) is 29.7. The van der Waals surface area contributed by atoms with Crippen LogP contribution in [0.1, 0.15) is 37.3 Å². The number of unbranched alkanes of at least 4 members (excludes halogenated alkanes) is 1. The number of aromatic hydroxyl groups is 1. The van der Waals surface area contributed by atoms with Gasteiger partial charge < -0.3 is 42.7 Å². The first-order valence-electron chi connectivity index (χ1n) is 13.1. The van der Waals surface area contributed by atoms with Crippen LogP contribution in [0.3, 0.4) is 0 Å². The number of carboxylic acids is 1. The van der Waals surface area contributed by atoms with Crippen molar-refractivity contribution in [3.8, 4) is 5.75 Å². The Morgan fingerprint density at radius 3 is 1.77 bits per heavy atom. The molecule has 0 fully saturated rings. The van der Waals surface area contributed by atoms with Crippen LogP contribution in [0.4, 0.5) is 0 Å². The number of carbonyl (C=O) groups is 4. The molecule has 12 nitrogen and oxygen atoms in total. The quantitative estimate of drug-likeness (QED) is 0.125. The average molecular weight is 558 g/mol. The second kappa shape index (κ2) is 16.2. The second-order valence-corrected chi connectivity index (χ2v) is 9.63. The summed E-state index contributed by atoms with van der Waals surface area (Å²) in [6, 6.07) is 10.0. The highest BCUT2D eigenvalue weighted by Crippen LogP contribution is 2.13. The first-order valence-corrected chi connectivity index (χ1v) is 13.1. The Hall–Kier alpha value is -4.00. The summed E-state index contributed by atoms with van der Waals surface area (Å²) >= 11 is 0. The van der Waals surface area contributed by atoms with Crippen molar-refractivity contribution in [2.45, 2.75) is 69.3 Å². The molecule has 0 aromatic heterocycles. The number of amides is 3. The van der Waals surface area contributed by atoms with Gasteiger partial charge in [0.2, 0.25) is 17.7 Å². The van der Waals surface area contributed by atoms with Crippen LogP contribution in [-0.4, -0.2) is 75.8 Å². The van der Waals surface area contributed by atoms with Gasteiger partial charge in [-0.1, -0.05) is 42.5 Å². The van der Waals surface area contributed by atoms with Gasteiger partial charge in [0.25, 0.3) is 0 Å². The topological polar surface area (TPSA) is 217 Å². The number of phenolic OH excluding ortho intramolecular Hbond substituents is 1. The van der Waals surface area contributed by atoms with Gasteiger partial charge >= 0.3 is 5.97 Å². The molecule has 218 valence electrons. The van der Waals surface area contributed by atoms with Crippen LogP contribution in [0, 0.1) is 0 Å². The Morgan fingerprint density at radius 2 is 1.27 bits per heavy atom. The van der Waals surface area contributed by atoms with E-state index in [9.17, 15) is 34.5 Å². The van der Waals surface area contributed by atoms with Crippen LogP contribution in [0.5, 0.6) is 5.75 Å². The molecule has 0 aliphatic carbocycles. The number of hydrogen-bond donors (Lipinski definition) is 8. The number of hydrogen-bond acceptors (Lipinski definition) is 8. The molecule has 40 heavy (non-hydrogen) atoms. The molecule has 0 saturated carbocycles. The summed E-state index contributed by atoms with van der Waals surface area (Å²) in [5.74, 6) is -3.39. The van der Waals surface area contributed by atoms with Gasteiger partial charge in [-0.15, -0.1) is 0 Å². The molecule has 0 spiro atoms. The number of carboxylic acid groups (broad SMARTS) is 1. The van der Waals surface area contributed by atoms with E-state index in [4.69, 9.17) is 11.5 Å². The third kappa shape index (κ3) is 10.6. The molecule has 0 aliphatic heterocycles. The van der Waals surface area contributed by atoms with Crippen LogP contribution in [-0.2, 0) is 32.0 Å². The Bertz CT molecular complexity index is 1110. The minimum Gasteiger partial charge on any atom is -0.508 e. The molecule has 12 heteroatoms. The van der Waals surface area contributed by atoms with Gasteiger partial charge in [0.1, 0.15) is 29.9 Å². The van der Waals surface area contributed by atoms with E-state index in [1.807, 2.05) is 0 Å². The fourth-order valence-electron chi connectivity index (χ4n) is 3.92. The van der Waals surface area contributed by atoms with Crippen LogP contribution >= 0.6 is 0 Å². The number of carbonyl (C=O) groups excluding carboxylic acids is 3. The number of phenols is 1. The van der Waals surface area contributed by atoms with Crippen molar-refractivity contribution < 1.29 is 34.5 Å². The van der Waals surface area contributed by atoms with E-state index in [2.05, 4.69) is 16.0 Å². The van der Waals surface area contributed by atoms with E-state index in [-0.39, 0.29) is 25.0 Å². The van der Waals surface area contributed by atoms with Gasteiger partial charge in [-0.2, -0.15) is 0 Å². The van der Waals surface area contributed by atoms with Crippen molar-refractivity contribution in [2.24, 2.45) is 11.5 Å². The van der Waals surface area contributed by atoms with E-state index in [0.717, 1.165) is 5.56 Å². The summed E-state index contributed by atoms with van der Waals surface area (Å²) in [4.78, 5) is 51.2. The highest BCUT2D eigenvalue weighted by molar-refractivity contribution is 5.94. The van der Waals surface area contributed by atoms with Crippen LogP contribution in [0.2, 0.25) is 0 Å². The molecular formula is C28H39N5O7. The molecule has 5 unspecified atom stereocenters. The third-order valence-corrected chi connectivity index (χ3v) is 6.31. The van der Waals surface area contributed by atoms with E-state index in [1.54, 1.807) is 42.5 Å². The smallest absolute Gasteiger partial charge is 0.326 e. The summed E-state index contributed by atoms with van der Waals surface area (Å²) < 4.78 is 0. The zero-order valence-electron chi connectivity index (χ0n) is 22.5. The maximum absolute atomic E-state index is 13.5. The van der Waals surface area contributed by atoms with Gasteiger partial charge in [-0.3, -0.25) is 14.4 Å². The summed E-state index contributed by atoms with van der Waals surface area (Å²) in [6.07, 6.45) is 0.102. The maximum atomic E-state index is 13.5. The van der Waals surface area contributed by atoms with E-state index in [0.29, 0.717) is 24.9 Å². The summed E-state index contributed by atoms with van der Waals surface area (Å²) in [5, 5.41) is 36.6. The minimum absolute atomic E-state index is 0.0136. The van der Waals surface area contributed by atoms with Crippen molar-refractivity contribution >= 4 is 23.7 Å². The van der Waals surface area contributed by atoms with Gasteiger partial charge in [-0.25, -0.2) is 4.79 Å². The number of aliphatic hydroxyl groups excluding tert-OH is 1. The molecule has 2 aromatic carbocycles. The Morgan fingerprint density at radius 1 is 0.775 bits per heavy atom. The number of benzene rings is 2. The maximum Gasteiger partial charge on any atom is 0.326 e. The second-order valence-electron chi connectivity index (χ2n) is 9.63.